The molecule has 3 rings (SSSR count). The van der Waals surface area contributed by atoms with E-state index in [1.807, 2.05) is 6.07 Å². The van der Waals surface area contributed by atoms with Gasteiger partial charge in [0.25, 0.3) is 0 Å². The summed E-state index contributed by atoms with van der Waals surface area (Å²) in [7, 11) is 0. The highest BCUT2D eigenvalue weighted by Gasteiger charge is 2.30. The Labute approximate surface area is 190 Å². The fraction of sp³-hybridized carbons (Fsp3) is 0.238. The molecule has 0 bridgehead atoms. The van der Waals surface area contributed by atoms with E-state index in [1.165, 1.54) is 35.0 Å². The van der Waals surface area contributed by atoms with Crippen LogP contribution in [-0.4, -0.2) is 33.0 Å². The zero-order chi connectivity index (χ0) is 24.0. The van der Waals surface area contributed by atoms with Crippen LogP contribution in [0.2, 0.25) is 0 Å². The SMILES string of the molecule is N#Cc1c(CCCNC(=O)CSc2ccc(C(F)(F)F)cn2)nn(-c2ccc(F)cc2)c1N. The van der Waals surface area contributed by atoms with E-state index in [0.29, 0.717) is 35.8 Å². The number of alkyl halides is 3. The number of benzene rings is 1. The highest BCUT2D eigenvalue weighted by atomic mass is 32.2. The Morgan fingerprint density at radius 1 is 1.21 bits per heavy atom. The Balaban J connectivity index is 1.48. The van der Waals surface area contributed by atoms with Crippen molar-refractivity contribution >= 4 is 23.5 Å². The molecule has 0 spiro atoms. The van der Waals surface area contributed by atoms with Crippen LogP contribution in [0.25, 0.3) is 5.69 Å². The molecule has 0 fully saturated rings. The maximum atomic E-state index is 13.1. The first-order valence-electron chi connectivity index (χ1n) is 9.65. The van der Waals surface area contributed by atoms with Gasteiger partial charge in [0.2, 0.25) is 5.91 Å². The Morgan fingerprint density at radius 3 is 2.55 bits per heavy atom. The second-order valence-electron chi connectivity index (χ2n) is 6.83. The number of carbonyl (C=O) groups excluding carboxylic acids is 1. The Hall–Kier alpha value is -3.59. The Kier molecular flexibility index (Phi) is 7.55. The number of carbonyl (C=O) groups is 1. The van der Waals surface area contributed by atoms with E-state index in [9.17, 15) is 27.6 Å². The van der Waals surface area contributed by atoms with E-state index in [1.54, 1.807) is 0 Å². The van der Waals surface area contributed by atoms with Crippen LogP contribution in [0.15, 0.2) is 47.6 Å². The van der Waals surface area contributed by atoms with Crippen LogP contribution in [0.5, 0.6) is 0 Å². The molecule has 2 heterocycles. The molecule has 12 heteroatoms. The van der Waals surface area contributed by atoms with Crippen molar-refractivity contribution in [1.29, 1.82) is 5.26 Å². The first-order valence-corrected chi connectivity index (χ1v) is 10.6. The predicted molar refractivity (Wildman–Crippen MR) is 114 cm³/mol. The van der Waals surface area contributed by atoms with E-state index in [0.717, 1.165) is 24.0 Å². The van der Waals surface area contributed by atoms with Crippen molar-refractivity contribution in [2.45, 2.75) is 24.0 Å². The van der Waals surface area contributed by atoms with Gasteiger partial charge in [-0.25, -0.2) is 14.1 Å². The number of rotatable bonds is 8. The van der Waals surface area contributed by atoms with E-state index >= 15 is 0 Å². The van der Waals surface area contributed by atoms with E-state index < -0.39 is 17.6 Å². The molecule has 0 unspecified atom stereocenters. The van der Waals surface area contributed by atoms with Crippen molar-refractivity contribution in [3.8, 4) is 11.8 Å². The van der Waals surface area contributed by atoms with Crippen LogP contribution in [-0.2, 0) is 17.4 Å². The smallest absolute Gasteiger partial charge is 0.382 e. The minimum Gasteiger partial charge on any atom is -0.382 e. The lowest BCUT2D eigenvalue weighted by Gasteiger charge is -2.07. The number of nitriles is 1. The monoisotopic (exact) mass is 478 g/mol. The van der Waals surface area contributed by atoms with Crippen LogP contribution in [0.3, 0.4) is 0 Å². The number of halogens is 4. The topological polar surface area (TPSA) is 110 Å². The number of pyridine rings is 1. The lowest BCUT2D eigenvalue weighted by atomic mass is 10.1. The molecule has 3 aromatic rings. The zero-order valence-corrected chi connectivity index (χ0v) is 17.9. The number of aromatic nitrogens is 3. The van der Waals surface area contributed by atoms with Gasteiger partial charge in [0.1, 0.15) is 23.3 Å². The summed E-state index contributed by atoms with van der Waals surface area (Å²) in [5.41, 5.74) is 6.34. The lowest BCUT2D eigenvalue weighted by Crippen LogP contribution is -2.26. The predicted octanol–water partition coefficient (Wildman–Crippen LogP) is 3.72. The summed E-state index contributed by atoms with van der Waals surface area (Å²) in [5, 5.41) is 16.7. The standard InChI is InChI=1S/C21H18F4N6OS/c22-14-4-6-15(7-5-14)31-20(27)16(10-26)17(30-31)2-1-9-28-18(32)12-33-19-8-3-13(11-29-19)21(23,24)25/h3-8,11H,1-2,9,12,27H2,(H,28,32). The van der Waals surface area contributed by atoms with E-state index in [4.69, 9.17) is 5.73 Å². The first-order chi connectivity index (χ1) is 15.7. The zero-order valence-electron chi connectivity index (χ0n) is 17.1. The van der Waals surface area contributed by atoms with Gasteiger partial charge < -0.3 is 11.1 Å². The molecular formula is C21H18F4N6OS. The number of nitrogen functional groups attached to an aromatic ring is 1. The van der Waals surface area contributed by atoms with Gasteiger partial charge in [-0.15, -0.1) is 0 Å². The van der Waals surface area contributed by atoms with Gasteiger partial charge in [-0.1, -0.05) is 11.8 Å². The number of hydrogen-bond acceptors (Lipinski definition) is 6. The molecule has 33 heavy (non-hydrogen) atoms. The molecule has 0 aliphatic rings. The summed E-state index contributed by atoms with van der Waals surface area (Å²) < 4.78 is 52.1. The van der Waals surface area contributed by atoms with Gasteiger partial charge in [0.15, 0.2) is 0 Å². The minimum atomic E-state index is -4.46. The number of thioether (sulfide) groups is 1. The van der Waals surface area contributed by atoms with Gasteiger partial charge in [0.05, 0.1) is 27.7 Å². The number of aryl methyl sites for hydroxylation is 1. The second-order valence-corrected chi connectivity index (χ2v) is 7.83. The van der Waals surface area contributed by atoms with Crippen LogP contribution in [0.4, 0.5) is 23.4 Å². The van der Waals surface area contributed by atoms with Crippen LogP contribution in [0, 0.1) is 17.1 Å². The van der Waals surface area contributed by atoms with Gasteiger partial charge in [-0.3, -0.25) is 4.79 Å². The molecule has 1 amide bonds. The number of nitrogens with two attached hydrogens (primary N) is 1. The fourth-order valence-corrected chi connectivity index (χ4v) is 3.53. The van der Waals surface area contributed by atoms with Crippen molar-refractivity contribution in [3.63, 3.8) is 0 Å². The van der Waals surface area contributed by atoms with Crippen LogP contribution >= 0.6 is 11.8 Å². The van der Waals surface area contributed by atoms with Gasteiger partial charge in [-0.2, -0.15) is 23.5 Å². The summed E-state index contributed by atoms with van der Waals surface area (Å²) >= 11 is 1.02. The molecule has 0 saturated carbocycles. The van der Waals surface area contributed by atoms with Crippen molar-refractivity contribution < 1.29 is 22.4 Å². The number of anilines is 1. The summed E-state index contributed by atoms with van der Waals surface area (Å²) in [6, 6.07) is 9.65. The Bertz CT molecular complexity index is 1150. The fourth-order valence-electron chi connectivity index (χ4n) is 2.86. The maximum Gasteiger partial charge on any atom is 0.417 e. The highest BCUT2D eigenvalue weighted by molar-refractivity contribution is 7.99. The molecule has 172 valence electrons. The van der Waals surface area contributed by atoms with E-state index in [-0.39, 0.29) is 23.0 Å². The average molecular weight is 478 g/mol. The number of nitrogens with zero attached hydrogens (tertiary/aromatic N) is 4. The molecule has 2 aromatic heterocycles. The maximum absolute atomic E-state index is 13.1. The van der Waals surface area contributed by atoms with Crippen LogP contribution < -0.4 is 11.1 Å². The molecular weight excluding hydrogens is 460 g/mol. The molecule has 0 aliphatic heterocycles. The van der Waals surface area contributed by atoms with Gasteiger partial charge in [-0.05, 0) is 49.2 Å². The number of amides is 1. The third-order valence-electron chi connectivity index (χ3n) is 4.50. The highest BCUT2D eigenvalue weighted by Crippen LogP contribution is 2.29. The number of hydrogen-bond donors (Lipinski definition) is 2. The minimum absolute atomic E-state index is 0.00600. The Morgan fingerprint density at radius 2 is 1.94 bits per heavy atom. The molecule has 1 aromatic carbocycles. The molecule has 0 aliphatic carbocycles. The molecule has 0 atom stereocenters. The van der Waals surface area contributed by atoms with Crippen molar-refractivity contribution in [3.05, 3.63) is 65.2 Å². The average Bonchev–Trinajstić information content (AvgIpc) is 3.10. The lowest BCUT2D eigenvalue weighted by molar-refractivity contribution is -0.137. The summed E-state index contributed by atoms with van der Waals surface area (Å²) in [5.74, 6) is -0.580. The van der Waals surface area contributed by atoms with Gasteiger partial charge >= 0.3 is 6.18 Å². The summed E-state index contributed by atoms with van der Waals surface area (Å²) in [4.78, 5) is 15.7. The van der Waals surface area contributed by atoms with Crippen molar-refractivity contribution in [2.24, 2.45) is 0 Å². The van der Waals surface area contributed by atoms with Gasteiger partial charge in [0, 0.05) is 12.7 Å². The third-order valence-corrected chi connectivity index (χ3v) is 5.45. The normalized spacial score (nSPS) is 11.2. The second kappa shape index (κ2) is 10.4. The van der Waals surface area contributed by atoms with Crippen molar-refractivity contribution in [2.75, 3.05) is 18.0 Å². The number of nitrogens with one attached hydrogen (secondary N) is 1. The molecule has 0 radical (unpaired) electrons. The first kappa shape index (κ1) is 24.1. The molecule has 3 N–H and O–H groups in total. The van der Waals surface area contributed by atoms with Crippen molar-refractivity contribution in [1.82, 2.24) is 20.1 Å². The third kappa shape index (κ3) is 6.23. The molecule has 0 saturated heterocycles. The van der Waals surface area contributed by atoms with Crippen LogP contribution in [0.1, 0.15) is 23.2 Å². The quantitative estimate of drug-likeness (QED) is 0.290. The molecule has 7 nitrogen and oxygen atoms in total. The van der Waals surface area contributed by atoms with E-state index in [2.05, 4.69) is 15.4 Å². The summed E-state index contributed by atoms with van der Waals surface area (Å²) in [6.07, 6.45) is -2.89. The summed E-state index contributed by atoms with van der Waals surface area (Å²) in [6.45, 7) is 0.300. The largest absolute Gasteiger partial charge is 0.417 e.